The van der Waals surface area contributed by atoms with Gasteiger partial charge < -0.3 is 0 Å². The maximum atomic E-state index is 11.2. The van der Waals surface area contributed by atoms with E-state index in [-0.39, 0.29) is 0 Å². The molecule has 1 fully saturated rings. The molecule has 1 aliphatic rings. The summed E-state index contributed by atoms with van der Waals surface area (Å²) in [6, 6.07) is 0. The van der Waals surface area contributed by atoms with E-state index < -0.39 is 0 Å². The molecule has 3 heteroatoms. The molecule has 124 valence electrons. The monoisotopic (exact) mass is 297 g/mol. The predicted molar refractivity (Wildman–Crippen MR) is 91.0 cm³/mol. The Hall–Kier alpha value is -0.440. The van der Waals surface area contributed by atoms with Crippen molar-refractivity contribution in [2.75, 3.05) is 19.6 Å². The van der Waals surface area contributed by atoms with Crippen LogP contribution in [0.25, 0.3) is 0 Å². The highest BCUT2D eigenvalue weighted by molar-refractivity contribution is 4.53. The first kappa shape index (κ1) is 18.6. The average molecular weight is 298 g/mol. The van der Waals surface area contributed by atoms with Gasteiger partial charge in [0.25, 0.3) is 0 Å². The lowest BCUT2D eigenvalue weighted by atomic mass is 10.1. The van der Waals surface area contributed by atoms with Crippen molar-refractivity contribution in [1.29, 1.82) is 0 Å². The highest BCUT2D eigenvalue weighted by Crippen LogP contribution is 2.21. The first-order valence-corrected chi connectivity index (χ1v) is 9.54. The number of quaternary nitrogens is 1. The third-order valence-corrected chi connectivity index (χ3v) is 5.00. The molecule has 0 amide bonds. The molecule has 0 atom stereocenters. The molecule has 1 rings (SSSR count). The van der Waals surface area contributed by atoms with Gasteiger partial charge in [-0.15, -0.1) is 0 Å². The number of unbranched alkanes of at least 4 members (excludes halogenated alkanes) is 9. The van der Waals surface area contributed by atoms with Crippen molar-refractivity contribution in [2.24, 2.45) is 5.29 Å². The van der Waals surface area contributed by atoms with E-state index in [0.717, 1.165) is 19.6 Å². The lowest BCUT2D eigenvalue weighted by molar-refractivity contribution is -0.935. The van der Waals surface area contributed by atoms with E-state index in [9.17, 15) is 4.91 Å². The minimum atomic E-state index is 0.511. The fraction of sp³-hybridized carbons (Fsp3) is 1.00. The van der Waals surface area contributed by atoms with E-state index in [1.807, 2.05) is 0 Å². The van der Waals surface area contributed by atoms with E-state index in [2.05, 4.69) is 12.2 Å². The maximum absolute atomic E-state index is 11.2. The highest BCUT2D eigenvalue weighted by atomic mass is 16.3. The van der Waals surface area contributed by atoms with Crippen LogP contribution in [0.1, 0.15) is 96.8 Å². The molecule has 1 heterocycles. The molecule has 0 aromatic heterocycles. The van der Waals surface area contributed by atoms with Gasteiger partial charge in [0.15, 0.2) is 5.29 Å². The lowest BCUT2D eigenvalue weighted by Crippen LogP contribution is -2.43. The zero-order valence-corrected chi connectivity index (χ0v) is 14.3. The molecule has 3 nitrogen and oxygen atoms in total. The van der Waals surface area contributed by atoms with Crippen molar-refractivity contribution in [2.45, 2.75) is 96.8 Å². The van der Waals surface area contributed by atoms with Gasteiger partial charge in [0.1, 0.15) is 19.6 Å². The van der Waals surface area contributed by atoms with Crippen molar-refractivity contribution in [3.63, 3.8) is 0 Å². The Morgan fingerprint density at radius 3 is 1.67 bits per heavy atom. The van der Waals surface area contributed by atoms with Crippen LogP contribution in [-0.2, 0) is 0 Å². The number of nitrogens with zero attached hydrogens (tertiary/aromatic N) is 2. The van der Waals surface area contributed by atoms with Gasteiger partial charge in [-0.25, -0.2) is 0 Å². The summed E-state index contributed by atoms with van der Waals surface area (Å²) < 4.78 is 0.511. The van der Waals surface area contributed by atoms with Crippen LogP contribution < -0.4 is 0 Å². The summed E-state index contributed by atoms with van der Waals surface area (Å²) in [6.45, 7) is 5.23. The second kappa shape index (κ2) is 12.1. The first-order valence-electron chi connectivity index (χ1n) is 9.54. The molecule has 0 N–H and O–H groups in total. The Morgan fingerprint density at radius 1 is 0.714 bits per heavy atom. The Morgan fingerprint density at radius 2 is 1.19 bits per heavy atom. The Balaban J connectivity index is 1.98. The van der Waals surface area contributed by atoms with Gasteiger partial charge in [0.05, 0.1) is 0 Å². The maximum Gasteiger partial charge on any atom is 0.153 e. The van der Waals surface area contributed by atoms with E-state index in [0.29, 0.717) is 4.59 Å². The summed E-state index contributed by atoms with van der Waals surface area (Å²) in [7, 11) is 0. The van der Waals surface area contributed by atoms with Crippen LogP contribution >= 0.6 is 0 Å². The fourth-order valence-electron chi connectivity index (χ4n) is 3.52. The highest BCUT2D eigenvalue weighted by Gasteiger charge is 2.30. The van der Waals surface area contributed by atoms with Gasteiger partial charge in [0, 0.05) is 0 Å². The standard InChI is InChI=1S/C18H37N2O/c1-2-3-4-5-6-7-8-9-10-13-16-20(19-21)17-14-11-12-15-18-20/h2-18H2,1H3/q+1. The van der Waals surface area contributed by atoms with E-state index in [1.165, 1.54) is 89.9 Å². The molecule has 0 radical (unpaired) electrons. The summed E-state index contributed by atoms with van der Waals surface area (Å²) in [4.78, 5) is 11.2. The van der Waals surface area contributed by atoms with Gasteiger partial charge in [0.2, 0.25) is 0 Å². The fourth-order valence-corrected chi connectivity index (χ4v) is 3.52. The van der Waals surface area contributed by atoms with Gasteiger partial charge in [-0.2, -0.15) is 4.59 Å². The molecule has 1 aliphatic heterocycles. The molecule has 0 aromatic carbocycles. The van der Waals surface area contributed by atoms with Crippen molar-refractivity contribution in [1.82, 2.24) is 0 Å². The first-order chi connectivity index (χ1) is 10.3. The number of hydrogen-bond donors (Lipinski definition) is 0. The van der Waals surface area contributed by atoms with Crippen LogP contribution in [0.4, 0.5) is 0 Å². The van der Waals surface area contributed by atoms with Gasteiger partial charge >= 0.3 is 0 Å². The van der Waals surface area contributed by atoms with Crippen molar-refractivity contribution in [3.8, 4) is 0 Å². The van der Waals surface area contributed by atoms with Gasteiger partial charge in [-0.05, 0) is 38.5 Å². The van der Waals surface area contributed by atoms with E-state index in [4.69, 9.17) is 0 Å². The molecule has 0 aromatic rings. The zero-order valence-electron chi connectivity index (χ0n) is 14.3. The third kappa shape index (κ3) is 8.55. The summed E-state index contributed by atoms with van der Waals surface area (Å²) in [6.07, 6.45) is 18.5. The molecule has 0 saturated carbocycles. The second-order valence-corrected chi connectivity index (χ2v) is 6.94. The number of nitroso groups, excluding NO2 is 1. The molecule has 0 spiro atoms. The van der Waals surface area contributed by atoms with Crippen molar-refractivity contribution < 1.29 is 4.59 Å². The molecular formula is C18H37N2O+. The van der Waals surface area contributed by atoms with Crippen molar-refractivity contribution in [3.05, 3.63) is 4.91 Å². The van der Waals surface area contributed by atoms with E-state index in [1.54, 1.807) is 0 Å². The largest absolute Gasteiger partial charge is 0.161 e. The van der Waals surface area contributed by atoms with Crippen LogP contribution in [0.3, 0.4) is 0 Å². The quantitative estimate of drug-likeness (QED) is 0.247. The van der Waals surface area contributed by atoms with Crippen LogP contribution in [0.15, 0.2) is 5.29 Å². The summed E-state index contributed by atoms with van der Waals surface area (Å²) in [5.74, 6) is 0. The Bertz CT molecular complexity index is 248. The smallest absolute Gasteiger partial charge is 0.153 e. The minimum Gasteiger partial charge on any atom is -0.161 e. The SMILES string of the molecule is CCCCCCCCCCCC[N+]1(N=O)CCCCCC1. The molecule has 0 aliphatic carbocycles. The number of hydrogen-bond acceptors (Lipinski definition) is 2. The lowest BCUT2D eigenvalue weighted by Gasteiger charge is -2.26. The van der Waals surface area contributed by atoms with Crippen molar-refractivity contribution >= 4 is 0 Å². The summed E-state index contributed by atoms with van der Waals surface area (Å²) >= 11 is 0. The minimum absolute atomic E-state index is 0.511. The number of rotatable bonds is 12. The zero-order chi connectivity index (χ0) is 15.2. The molecular weight excluding hydrogens is 260 g/mol. The average Bonchev–Trinajstić information content (AvgIpc) is 2.75. The Labute approximate surface area is 132 Å². The van der Waals surface area contributed by atoms with Crippen LogP contribution in [0.2, 0.25) is 0 Å². The van der Waals surface area contributed by atoms with Crippen LogP contribution in [-0.4, -0.2) is 24.2 Å². The molecule has 1 saturated heterocycles. The topological polar surface area (TPSA) is 29.4 Å². The number of likely N-dealkylation sites (tertiary alicyclic amines) is 1. The normalized spacial score (nSPS) is 18.3. The van der Waals surface area contributed by atoms with Gasteiger partial charge in [-0.3, -0.25) is 0 Å². The van der Waals surface area contributed by atoms with Crippen LogP contribution in [0.5, 0.6) is 0 Å². The predicted octanol–water partition coefficient (Wildman–Crippen LogP) is 5.98. The summed E-state index contributed by atoms with van der Waals surface area (Å²) in [5.41, 5.74) is 0. The molecule has 0 bridgehead atoms. The Kier molecular flexibility index (Phi) is 10.8. The van der Waals surface area contributed by atoms with E-state index >= 15 is 0 Å². The van der Waals surface area contributed by atoms with Gasteiger partial charge in [-0.1, -0.05) is 63.2 Å². The van der Waals surface area contributed by atoms with Crippen LogP contribution in [0, 0.1) is 4.91 Å². The third-order valence-electron chi connectivity index (χ3n) is 5.00. The molecule has 21 heavy (non-hydrogen) atoms. The second-order valence-electron chi connectivity index (χ2n) is 6.94. The molecule has 0 unspecified atom stereocenters. The summed E-state index contributed by atoms with van der Waals surface area (Å²) in [5, 5.41) is 3.50.